The molecule has 0 aliphatic heterocycles. The fraction of sp³-hybridized carbons (Fsp3) is 0.409. The molecule has 1 unspecified atom stereocenters. The van der Waals surface area contributed by atoms with E-state index in [4.69, 9.17) is 4.43 Å². The number of benzene rings is 2. The van der Waals surface area contributed by atoms with Gasteiger partial charge in [-0.25, -0.2) is 4.79 Å². The highest BCUT2D eigenvalue weighted by atomic mass is 28.4. The third kappa shape index (κ3) is 4.25. The van der Waals surface area contributed by atoms with Gasteiger partial charge in [0, 0.05) is 0 Å². The van der Waals surface area contributed by atoms with Crippen molar-refractivity contribution in [1.82, 2.24) is 0 Å². The van der Waals surface area contributed by atoms with E-state index in [1.165, 1.54) is 0 Å². The van der Waals surface area contributed by atoms with Gasteiger partial charge in [0.05, 0.1) is 0 Å². The fourth-order valence-corrected chi connectivity index (χ4v) is 8.17. The molecule has 0 fully saturated rings. The minimum atomic E-state index is -2.82. The van der Waals surface area contributed by atoms with Crippen molar-refractivity contribution in [3.8, 4) is 0 Å². The third-order valence-corrected chi connectivity index (χ3v) is 9.74. The Labute approximate surface area is 158 Å². The van der Waals surface area contributed by atoms with Gasteiger partial charge >= 0.3 is 5.97 Å². The average molecular weight is 371 g/mol. The monoisotopic (exact) mass is 370 g/mol. The van der Waals surface area contributed by atoms with Crippen LogP contribution in [0.4, 0.5) is 0 Å². The lowest BCUT2D eigenvalue weighted by Crippen LogP contribution is -2.68. The van der Waals surface area contributed by atoms with Crippen LogP contribution in [0.25, 0.3) is 0 Å². The number of rotatable bonds is 7. The van der Waals surface area contributed by atoms with Crippen molar-refractivity contribution in [2.45, 2.75) is 52.2 Å². The molecule has 0 amide bonds. The first-order valence-electron chi connectivity index (χ1n) is 9.20. The van der Waals surface area contributed by atoms with Gasteiger partial charge in [0.15, 0.2) is 0 Å². The van der Waals surface area contributed by atoms with Crippen LogP contribution >= 0.6 is 0 Å². The predicted molar refractivity (Wildman–Crippen MR) is 110 cm³/mol. The van der Waals surface area contributed by atoms with Crippen molar-refractivity contribution in [1.29, 1.82) is 0 Å². The number of carbonyl (C=O) groups is 1. The number of hydrogen-bond acceptors (Lipinski definition) is 2. The summed E-state index contributed by atoms with van der Waals surface area (Å²) in [6.07, 6.45) is -0.318. The van der Waals surface area contributed by atoms with Gasteiger partial charge < -0.3 is 9.53 Å². The summed E-state index contributed by atoms with van der Waals surface area (Å²) in [7, 11) is -2.82. The van der Waals surface area contributed by atoms with Gasteiger partial charge in [-0.2, -0.15) is 0 Å². The second kappa shape index (κ2) is 8.19. The van der Waals surface area contributed by atoms with Crippen LogP contribution in [0.5, 0.6) is 0 Å². The highest BCUT2D eigenvalue weighted by molar-refractivity contribution is 6.99. The zero-order valence-corrected chi connectivity index (χ0v) is 17.4. The topological polar surface area (TPSA) is 46.5 Å². The van der Waals surface area contributed by atoms with E-state index >= 15 is 0 Å². The quantitative estimate of drug-likeness (QED) is 0.748. The van der Waals surface area contributed by atoms with Crippen LogP contribution in [0.2, 0.25) is 5.04 Å². The zero-order valence-electron chi connectivity index (χ0n) is 16.4. The Balaban J connectivity index is 2.69. The van der Waals surface area contributed by atoms with E-state index in [-0.39, 0.29) is 11.0 Å². The molecular weight excluding hydrogens is 340 g/mol. The van der Waals surface area contributed by atoms with Crippen molar-refractivity contribution >= 4 is 24.7 Å². The molecule has 0 aliphatic rings. The number of aliphatic carboxylic acids is 1. The highest BCUT2D eigenvalue weighted by Crippen LogP contribution is 2.38. The summed E-state index contributed by atoms with van der Waals surface area (Å²) in [5, 5.41) is 11.8. The van der Waals surface area contributed by atoms with E-state index in [1.54, 1.807) is 0 Å². The maximum Gasteiger partial charge on any atom is 0.331 e. The first kappa shape index (κ1) is 20.4. The Bertz CT molecular complexity index is 666. The summed E-state index contributed by atoms with van der Waals surface area (Å²) < 4.78 is 6.69. The maximum absolute atomic E-state index is 12.0. The summed E-state index contributed by atoms with van der Waals surface area (Å²) in [6.45, 7) is 10.5. The number of carboxylic acid groups (broad SMARTS) is 1. The Kier molecular flexibility index (Phi) is 6.42. The lowest BCUT2D eigenvalue weighted by Gasteiger charge is -2.44. The second-order valence-electron chi connectivity index (χ2n) is 8.24. The second-order valence-corrected chi connectivity index (χ2v) is 12.5. The fourth-order valence-electron chi connectivity index (χ4n) is 3.53. The Morgan fingerprint density at radius 1 is 0.962 bits per heavy atom. The van der Waals surface area contributed by atoms with Crippen molar-refractivity contribution in [2.75, 3.05) is 0 Å². The molecule has 0 aromatic heterocycles. The molecule has 0 aliphatic carbocycles. The molecule has 0 heterocycles. The first-order valence-corrected chi connectivity index (χ1v) is 11.1. The van der Waals surface area contributed by atoms with Crippen molar-refractivity contribution in [3.63, 3.8) is 0 Å². The number of hydrogen-bond donors (Lipinski definition) is 1. The van der Waals surface area contributed by atoms with Crippen molar-refractivity contribution in [3.05, 3.63) is 60.7 Å². The van der Waals surface area contributed by atoms with Crippen LogP contribution in [0.1, 0.15) is 41.0 Å². The molecule has 2 aromatic rings. The standard InChI is InChI=1S/C22H30O3Si/c1-17(2)16-20(21(23)24)25-26(22(3,4)5,18-12-8-6-9-13-18)19-14-10-7-11-15-19/h6-15,17,20H,16H2,1-5H3,(H,23,24). The lowest BCUT2D eigenvalue weighted by molar-refractivity contribution is -0.146. The van der Waals surface area contributed by atoms with Gasteiger partial charge in [-0.1, -0.05) is 95.3 Å². The first-order chi connectivity index (χ1) is 12.2. The van der Waals surface area contributed by atoms with Crippen LogP contribution in [-0.2, 0) is 9.22 Å². The normalized spacial score (nSPS) is 13.6. The van der Waals surface area contributed by atoms with Gasteiger partial charge in [-0.15, -0.1) is 0 Å². The summed E-state index contributed by atoms with van der Waals surface area (Å²) in [4.78, 5) is 12.0. The van der Waals surface area contributed by atoms with Gasteiger partial charge in [0.2, 0.25) is 0 Å². The summed E-state index contributed by atoms with van der Waals surface area (Å²) in [5.74, 6) is -0.638. The van der Waals surface area contributed by atoms with E-state index in [2.05, 4.69) is 45.0 Å². The molecule has 4 heteroatoms. The molecule has 0 saturated carbocycles. The smallest absolute Gasteiger partial charge is 0.331 e. The minimum Gasteiger partial charge on any atom is -0.479 e. The van der Waals surface area contributed by atoms with Crippen molar-refractivity contribution < 1.29 is 14.3 Å². The van der Waals surface area contributed by atoms with Crippen LogP contribution in [0.3, 0.4) is 0 Å². The summed E-state index contributed by atoms with van der Waals surface area (Å²) in [6, 6.07) is 20.3. The molecule has 140 valence electrons. The molecular formula is C22H30O3Si. The molecule has 2 aromatic carbocycles. The van der Waals surface area contributed by atoms with E-state index in [0.717, 1.165) is 10.4 Å². The maximum atomic E-state index is 12.0. The van der Waals surface area contributed by atoms with Crippen LogP contribution in [0, 0.1) is 5.92 Å². The molecule has 0 spiro atoms. The Hall–Kier alpha value is -1.91. The van der Waals surface area contributed by atoms with E-state index < -0.39 is 20.4 Å². The van der Waals surface area contributed by atoms with Gasteiger partial charge in [0.25, 0.3) is 8.32 Å². The average Bonchev–Trinajstić information content (AvgIpc) is 2.58. The van der Waals surface area contributed by atoms with E-state index in [9.17, 15) is 9.90 Å². The van der Waals surface area contributed by atoms with E-state index in [1.807, 2.05) is 50.2 Å². The summed E-state index contributed by atoms with van der Waals surface area (Å²) >= 11 is 0. The zero-order chi connectivity index (χ0) is 19.4. The third-order valence-electron chi connectivity index (χ3n) is 4.70. The molecule has 1 N–H and O–H groups in total. The Morgan fingerprint density at radius 2 is 1.38 bits per heavy atom. The molecule has 0 radical (unpaired) electrons. The van der Waals surface area contributed by atoms with Crippen molar-refractivity contribution in [2.24, 2.45) is 5.92 Å². The Morgan fingerprint density at radius 3 is 1.69 bits per heavy atom. The van der Waals surface area contributed by atoms with Crippen LogP contribution in [0.15, 0.2) is 60.7 Å². The molecule has 3 nitrogen and oxygen atoms in total. The van der Waals surface area contributed by atoms with E-state index in [0.29, 0.717) is 6.42 Å². The highest BCUT2D eigenvalue weighted by Gasteiger charge is 2.52. The molecule has 0 bridgehead atoms. The SMILES string of the molecule is CC(C)CC(O[Si](c1ccccc1)(c1ccccc1)C(C)(C)C)C(=O)O. The number of carboxylic acids is 1. The van der Waals surface area contributed by atoms with Crippen LogP contribution in [-0.4, -0.2) is 25.5 Å². The molecule has 2 rings (SSSR count). The molecule has 26 heavy (non-hydrogen) atoms. The van der Waals surface area contributed by atoms with Gasteiger partial charge in [-0.05, 0) is 27.8 Å². The largest absolute Gasteiger partial charge is 0.479 e. The van der Waals surface area contributed by atoms with Gasteiger partial charge in [-0.3, -0.25) is 0 Å². The summed E-state index contributed by atoms with van der Waals surface area (Å²) in [5.41, 5.74) is 0. The van der Waals surface area contributed by atoms with Crippen LogP contribution < -0.4 is 10.4 Å². The van der Waals surface area contributed by atoms with Gasteiger partial charge in [0.1, 0.15) is 6.10 Å². The lowest BCUT2D eigenvalue weighted by atomic mass is 10.1. The minimum absolute atomic E-state index is 0.222. The molecule has 1 atom stereocenters. The molecule has 0 saturated heterocycles. The predicted octanol–water partition coefficient (Wildman–Crippen LogP) is 4.06.